The van der Waals surface area contributed by atoms with Crippen molar-refractivity contribution in [1.82, 2.24) is 4.72 Å². The predicted molar refractivity (Wildman–Crippen MR) is 124 cm³/mol. The molecule has 6 heteroatoms. The molecule has 5 nitrogen and oxygen atoms in total. The molecule has 0 amide bonds. The van der Waals surface area contributed by atoms with Crippen molar-refractivity contribution in [2.75, 3.05) is 24.5 Å². The first kappa shape index (κ1) is 19.8. The number of nitrogens with one attached hydrogen (secondary N) is 1. The van der Waals surface area contributed by atoms with Crippen LogP contribution in [0.5, 0.6) is 11.5 Å². The third-order valence-corrected chi connectivity index (χ3v) is 6.85. The minimum atomic E-state index is -0.247. The minimum absolute atomic E-state index is 0.170. The van der Waals surface area contributed by atoms with E-state index in [1.165, 1.54) is 22.4 Å². The largest absolute Gasteiger partial charge is 0.493 e. The lowest BCUT2D eigenvalue weighted by atomic mass is 9.81. The zero-order chi connectivity index (χ0) is 21.1. The average Bonchev–Trinajstić information content (AvgIpc) is 3.33. The van der Waals surface area contributed by atoms with E-state index in [9.17, 15) is 0 Å². The Morgan fingerprint density at radius 2 is 2.00 bits per heavy atom. The molecule has 2 aromatic rings. The molecule has 0 aliphatic carbocycles. The molecule has 0 unspecified atom stereocenters. The van der Waals surface area contributed by atoms with E-state index in [0.29, 0.717) is 0 Å². The van der Waals surface area contributed by atoms with Crippen LogP contribution in [0, 0.1) is 0 Å². The molecule has 1 N–H and O–H groups in total. The number of nitrogens with zero attached hydrogens (tertiary/aromatic N) is 2. The second-order valence-corrected chi connectivity index (χ2v) is 10.5. The van der Waals surface area contributed by atoms with Gasteiger partial charge in [-0.25, -0.2) is 4.72 Å². The maximum Gasteiger partial charge on any atom is 0.166 e. The van der Waals surface area contributed by atoms with Crippen molar-refractivity contribution in [3.05, 3.63) is 52.6 Å². The van der Waals surface area contributed by atoms with Gasteiger partial charge < -0.3 is 13.8 Å². The highest BCUT2D eigenvalue weighted by Gasteiger charge is 2.39. The molecule has 0 saturated carbocycles. The first-order valence-corrected chi connectivity index (χ1v) is 11.3. The Balaban J connectivity index is 1.69. The number of anilines is 1. The van der Waals surface area contributed by atoms with E-state index in [4.69, 9.17) is 14.5 Å². The second kappa shape index (κ2) is 6.92. The summed E-state index contributed by atoms with van der Waals surface area (Å²) in [5.41, 5.74) is 6.78. The Labute approximate surface area is 183 Å². The van der Waals surface area contributed by atoms with E-state index >= 15 is 0 Å². The van der Waals surface area contributed by atoms with E-state index < -0.39 is 0 Å². The molecular formula is C24H29N3O2S. The van der Waals surface area contributed by atoms with Crippen LogP contribution in [0.1, 0.15) is 49.9 Å². The van der Waals surface area contributed by atoms with Gasteiger partial charge in [0, 0.05) is 54.0 Å². The fraction of sp³-hybridized carbons (Fsp3) is 0.458. The van der Waals surface area contributed by atoms with Gasteiger partial charge in [-0.3, -0.25) is 4.99 Å². The molecule has 3 heterocycles. The third kappa shape index (κ3) is 3.36. The molecule has 0 aromatic heterocycles. The molecule has 0 spiro atoms. The zero-order valence-electron chi connectivity index (χ0n) is 18.3. The van der Waals surface area contributed by atoms with E-state index in [-0.39, 0.29) is 11.1 Å². The first-order chi connectivity index (χ1) is 14.3. The lowest BCUT2D eigenvalue weighted by Gasteiger charge is -2.31. The molecule has 3 aliphatic rings. The SMILES string of the molecule is COc1cc2c(c3c1OC(C)(C)C3)C(c1cccc(N3CCNS3)c1)=NC(C)(C)C2. The lowest BCUT2D eigenvalue weighted by molar-refractivity contribution is 0.134. The molecular weight excluding hydrogens is 394 g/mol. The topological polar surface area (TPSA) is 46.1 Å². The second-order valence-electron chi connectivity index (χ2n) is 9.55. The van der Waals surface area contributed by atoms with Gasteiger partial charge in [-0.1, -0.05) is 12.1 Å². The summed E-state index contributed by atoms with van der Waals surface area (Å²) in [4.78, 5) is 5.25. The Hall–Kier alpha value is -2.18. The summed E-state index contributed by atoms with van der Waals surface area (Å²) >= 11 is 1.67. The summed E-state index contributed by atoms with van der Waals surface area (Å²) < 4.78 is 17.7. The van der Waals surface area contributed by atoms with Gasteiger partial charge in [0.2, 0.25) is 0 Å². The molecule has 2 aromatic carbocycles. The van der Waals surface area contributed by atoms with Crippen molar-refractivity contribution in [2.24, 2.45) is 4.99 Å². The Morgan fingerprint density at radius 1 is 1.17 bits per heavy atom. The van der Waals surface area contributed by atoms with Gasteiger partial charge in [0.25, 0.3) is 0 Å². The number of ether oxygens (including phenoxy) is 2. The van der Waals surface area contributed by atoms with Gasteiger partial charge in [0.05, 0.1) is 18.4 Å². The Bertz CT molecular complexity index is 1040. The summed E-state index contributed by atoms with van der Waals surface area (Å²) in [5, 5.41) is 0. The highest BCUT2D eigenvalue weighted by atomic mass is 32.2. The van der Waals surface area contributed by atoms with Gasteiger partial charge in [0.1, 0.15) is 5.60 Å². The van der Waals surface area contributed by atoms with Crippen LogP contribution in [0.2, 0.25) is 0 Å². The van der Waals surface area contributed by atoms with Crippen LogP contribution in [-0.4, -0.2) is 37.1 Å². The van der Waals surface area contributed by atoms with Crippen molar-refractivity contribution < 1.29 is 9.47 Å². The molecule has 5 rings (SSSR count). The summed E-state index contributed by atoms with van der Waals surface area (Å²) in [6.07, 6.45) is 1.74. The maximum atomic E-state index is 6.32. The number of fused-ring (bicyclic) bond motifs is 3. The molecule has 1 fully saturated rings. The Kier molecular flexibility index (Phi) is 4.56. The van der Waals surface area contributed by atoms with Gasteiger partial charge in [0.15, 0.2) is 11.5 Å². The van der Waals surface area contributed by atoms with Gasteiger partial charge in [-0.15, -0.1) is 0 Å². The Morgan fingerprint density at radius 3 is 2.73 bits per heavy atom. The van der Waals surface area contributed by atoms with Crippen LogP contribution in [0.3, 0.4) is 0 Å². The van der Waals surface area contributed by atoms with Crippen molar-refractivity contribution in [3.63, 3.8) is 0 Å². The van der Waals surface area contributed by atoms with Crippen LogP contribution in [0.25, 0.3) is 0 Å². The minimum Gasteiger partial charge on any atom is -0.493 e. The predicted octanol–water partition coefficient (Wildman–Crippen LogP) is 4.55. The lowest BCUT2D eigenvalue weighted by Crippen LogP contribution is -2.30. The molecule has 0 atom stereocenters. The van der Waals surface area contributed by atoms with E-state index in [2.05, 4.69) is 67.1 Å². The molecule has 158 valence electrons. The maximum absolute atomic E-state index is 6.32. The fourth-order valence-corrected chi connectivity index (χ4v) is 5.48. The third-order valence-electron chi connectivity index (χ3n) is 5.90. The van der Waals surface area contributed by atoms with Gasteiger partial charge in [-0.05, 0) is 57.9 Å². The number of hydrogen-bond donors (Lipinski definition) is 1. The summed E-state index contributed by atoms with van der Waals surface area (Å²) in [7, 11) is 1.73. The summed E-state index contributed by atoms with van der Waals surface area (Å²) in [5.74, 6) is 1.71. The normalized spacial score (nSPS) is 21.0. The molecule has 0 radical (unpaired) electrons. The monoisotopic (exact) mass is 423 g/mol. The van der Waals surface area contributed by atoms with Gasteiger partial charge >= 0.3 is 0 Å². The van der Waals surface area contributed by atoms with E-state index in [1.54, 1.807) is 19.2 Å². The average molecular weight is 424 g/mol. The van der Waals surface area contributed by atoms with Crippen LogP contribution in [-0.2, 0) is 12.8 Å². The zero-order valence-corrected chi connectivity index (χ0v) is 19.2. The van der Waals surface area contributed by atoms with Crippen LogP contribution >= 0.6 is 12.1 Å². The molecule has 3 aliphatic heterocycles. The number of aliphatic imine (C=N–C) groups is 1. The smallest absolute Gasteiger partial charge is 0.166 e. The standard InChI is InChI=1S/C24H29N3O2S/c1-23(2)13-16-12-19(28-5)22-18(14-24(3,4)29-22)20(16)21(26-23)15-7-6-8-17(11-15)27-10-9-25-30-27/h6-8,11-12,25H,9-10,13-14H2,1-5H3. The number of hydrogen-bond acceptors (Lipinski definition) is 6. The highest BCUT2D eigenvalue weighted by Crippen LogP contribution is 2.48. The number of benzene rings is 2. The van der Waals surface area contributed by atoms with E-state index in [1.807, 2.05) is 0 Å². The van der Waals surface area contributed by atoms with Crippen LogP contribution < -0.4 is 18.5 Å². The number of rotatable bonds is 3. The van der Waals surface area contributed by atoms with Crippen molar-refractivity contribution >= 4 is 23.5 Å². The van der Waals surface area contributed by atoms with E-state index in [0.717, 1.165) is 48.7 Å². The molecule has 30 heavy (non-hydrogen) atoms. The summed E-state index contributed by atoms with van der Waals surface area (Å²) in [6.45, 7) is 10.7. The highest BCUT2D eigenvalue weighted by molar-refractivity contribution is 7.99. The summed E-state index contributed by atoms with van der Waals surface area (Å²) in [6, 6.07) is 10.9. The number of methoxy groups -OCH3 is 1. The van der Waals surface area contributed by atoms with Crippen LogP contribution in [0.15, 0.2) is 35.3 Å². The molecule has 1 saturated heterocycles. The van der Waals surface area contributed by atoms with Crippen molar-refractivity contribution in [2.45, 2.75) is 51.7 Å². The van der Waals surface area contributed by atoms with Crippen LogP contribution in [0.4, 0.5) is 5.69 Å². The first-order valence-electron chi connectivity index (χ1n) is 10.6. The van der Waals surface area contributed by atoms with Gasteiger partial charge in [-0.2, -0.15) is 0 Å². The fourth-order valence-electron chi connectivity index (χ4n) is 4.74. The van der Waals surface area contributed by atoms with Crippen molar-refractivity contribution in [3.8, 4) is 11.5 Å². The van der Waals surface area contributed by atoms with Crippen molar-refractivity contribution in [1.29, 1.82) is 0 Å². The quantitative estimate of drug-likeness (QED) is 0.734. The molecule has 0 bridgehead atoms.